The number of pyridine rings is 2. The summed E-state index contributed by atoms with van der Waals surface area (Å²) in [5.41, 5.74) is 3.40. The number of aromatic nitrogens is 4. The summed E-state index contributed by atoms with van der Waals surface area (Å²) in [7, 11) is 1.82. The molecule has 0 spiro atoms. The van der Waals surface area contributed by atoms with E-state index in [-0.39, 0.29) is 5.91 Å². The molecule has 1 aliphatic heterocycles. The van der Waals surface area contributed by atoms with E-state index in [0.717, 1.165) is 48.4 Å². The van der Waals surface area contributed by atoms with Gasteiger partial charge in [0.15, 0.2) is 5.65 Å². The van der Waals surface area contributed by atoms with E-state index >= 15 is 0 Å². The van der Waals surface area contributed by atoms with Crippen molar-refractivity contribution in [3.63, 3.8) is 0 Å². The minimum absolute atomic E-state index is 0.0645. The summed E-state index contributed by atoms with van der Waals surface area (Å²) in [5.74, 6) is 0.443. The van der Waals surface area contributed by atoms with Gasteiger partial charge in [0.2, 0.25) is 0 Å². The second-order valence-corrected chi connectivity index (χ2v) is 6.65. The highest BCUT2D eigenvalue weighted by atomic mass is 16.2. The molecule has 0 bridgehead atoms. The summed E-state index contributed by atoms with van der Waals surface area (Å²) >= 11 is 0. The standard InChI is InChI=1S/C19H21N5O/c1-13-12-17(23(2)22-13)19(25)24-10-7-14(8-11-24)16-6-5-15-4-3-9-20-18(15)21-16/h3-6,9,12,14H,7-8,10-11H2,1-2H3. The van der Waals surface area contributed by atoms with Gasteiger partial charge in [-0.2, -0.15) is 5.10 Å². The molecule has 1 saturated heterocycles. The molecule has 4 heterocycles. The van der Waals surface area contributed by atoms with E-state index in [1.165, 1.54) is 0 Å². The average molecular weight is 335 g/mol. The predicted molar refractivity (Wildman–Crippen MR) is 95.4 cm³/mol. The Kier molecular flexibility index (Phi) is 3.95. The van der Waals surface area contributed by atoms with Crippen molar-refractivity contribution in [2.24, 2.45) is 7.05 Å². The Morgan fingerprint density at radius 1 is 1.20 bits per heavy atom. The van der Waals surface area contributed by atoms with Crippen molar-refractivity contribution in [3.05, 3.63) is 53.6 Å². The number of aryl methyl sites for hydroxylation is 2. The van der Waals surface area contributed by atoms with E-state index in [1.54, 1.807) is 10.9 Å². The van der Waals surface area contributed by atoms with Crippen LogP contribution in [0, 0.1) is 6.92 Å². The van der Waals surface area contributed by atoms with Crippen LogP contribution in [0.15, 0.2) is 36.5 Å². The van der Waals surface area contributed by atoms with Crippen molar-refractivity contribution in [1.29, 1.82) is 0 Å². The van der Waals surface area contributed by atoms with Crippen LogP contribution < -0.4 is 0 Å². The molecule has 128 valence electrons. The number of fused-ring (bicyclic) bond motifs is 1. The van der Waals surface area contributed by atoms with Gasteiger partial charge in [-0.25, -0.2) is 9.97 Å². The van der Waals surface area contributed by atoms with Gasteiger partial charge in [0.1, 0.15) is 5.69 Å². The first kappa shape index (κ1) is 15.7. The molecule has 0 aliphatic carbocycles. The number of carbonyl (C=O) groups excluding carboxylic acids is 1. The summed E-state index contributed by atoms with van der Waals surface area (Å²) in [6.45, 7) is 3.40. The van der Waals surface area contributed by atoms with Crippen LogP contribution in [-0.4, -0.2) is 43.6 Å². The molecule has 0 radical (unpaired) electrons. The smallest absolute Gasteiger partial charge is 0.272 e. The van der Waals surface area contributed by atoms with E-state index in [9.17, 15) is 4.79 Å². The third-order valence-corrected chi connectivity index (χ3v) is 4.91. The Hall–Kier alpha value is -2.76. The van der Waals surface area contributed by atoms with Crippen LogP contribution in [0.3, 0.4) is 0 Å². The molecule has 1 amide bonds. The molecule has 0 N–H and O–H groups in total. The largest absolute Gasteiger partial charge is 0.337 e. The van der Waals surface area contributed by atoms with Crippen LogP contribution in [0.4, 0.5) is 0 Å². The van der Waals surface area contributed by atoms with Crippen LogP contribution in [-0.2, 0) is 7.05 Å². The highest BCUT2D eigenvalue weighted by Gasteiger charge is 2.27. The lowest BCUT2D eigenvalue weighted by molar-refractivity contribution is 0.0701. The van der Waals surface area contributed by atoms with Gasteiger partial charge in [-0.15, -0.1) is 0 Å². The minimum Gasteiger partial charge on any atom is -0.337 e. The minimum atomic E-state index is 0.0645. The highest BCUT2D eigenvalue weighted by Crippen LogP contribution is 2.28. The molecule has 4 rings (SSSR count). The molecule has 3 aromatic heterocycles. The quantitative estimate of drug-likeness (QED) is 0.722. The fourth-order valence-corrected chi connectivity index (χ4v) is 3.55. The monoisotopic (exact) mass is 335 g/mol. The van der Waals surface area contributed by atoms with Crippen molar-refractivity contribution in [2.45, 2.75) is 25.7 Å². The molecule has 3 aromatic rings. The molecule has 1 fully saturated rings. The molecule has 1 aliphatic rings. The summed E-state index contributed by atoms with van der Waals surface area (Å²) in [4.78, 5) is 23.7. The zero-order valence-corrected chi connectivity index (χ0v) is 14.5. The number of carbonyl (C=O) groups is 1. The maximum atomic E-state index is 12.7. The summed E-state index contributed by atoms with van der Waals surface area (Å²) in [6, 6.07) is 9.98. The van der Waals surface area contributed by atoms with Gasteiger partial charge in [0, 0.05) is 43.3 Å². The molecule has 0 saturated carbocycles. The predicted octanol–water partition coefficient (Wildman–Crippen LogP) is 2.69. The topological polar surface area (TPSA) is 63.9 Å². The second-order valence-electron chi connectivity index (χ2n) is 6.65. The maximum Gasteiger partial charge on any atom is 0.272 e. The van der Waals surface area contributed by atoms with Crippen molar-refractivity contribution in [3.8, 4) is 0 Å². The summed E-state index contributed by atoms with van der Waals surface area (Å²) in [5, 5.41) is 5.33. The Labute approximate surface area is 146 Å². The van der Waals surface area contributed by atoms with Crippen molar-refractivity contribution < 1.29 is 4.79 Å². The van der Waals surface area contributed by atoms with E-state index in [4.69, 9.17) is 4.98 Å². The third kappa shape index (κ3) is 2.99. The fourth-order valence-electron chi connectivity index (χ4n) is 3.55. The maximum absolute atomic E-state index is 12.7. The van der Waals surface area contributed by atoms with Crippen molar-refractivity contribution in [2.75, 3.05) is 13.1 Å². The first-order valence-corrected chi connectivity index (χ1v) is 8.63. The summed E-state index contributed by atoms with van der Waals surface area (Å²) in [6.07, 6.45) is 3.62. The average Bonchev–Trinajstić information content (AvgIpc) is 2.99. The van der Waals surface area contributed by atoms with Gasteiger partial charge in [-0.3, -0.25) is 9.48 Å². The number of rotatable bonds is 2. The first-order chi connectivity index (χ1) is 12.1. The lowest BCUT2D eigenvalue weighted by Gasteiger charge is -2.31. The second kappa shape index (κ2) is 6.27. The lowest BCUT2D eigenvalue weighted by Crippen LogP contribution is -2.38. The molecule has 0 aromatic carbocycles. The number of piperidine rings is 1. The molecular weight excluding hydrogens is 314 g/mol. The Bertz CT molecular complexity index is 924. The van der Waals surface area contributed by atoms with Crippen LogP contribution >= 0.6 is 0 Å². The van der Waals surface area contributed by atoms with Crippen LogP contribution in [0.25, 0.3) is 11.0 Å². The van der Waals surface area contributed by atoms with Crippen molar-refractivity contribution >= 4 is 16.9 Å². The first-order valence-electron chi connectivity index (χ1n) is 8.63. The van der Waals surface area contributed by atoms with Gasteiger partial charge >= 0.3 is 0 Å². The van der Waals surface area contributed by atoms with Gasteiger partial charge < -0.3 is 4.90 Å². The molecule has 0 atom stereocenters. The molecule has 0 unspecified atom stereocenters. The Morgan fingerprint density at radius 3 is 2.72 bits per heavy atom. The molecular formula is C19H21N5O. The van der Waals surface area contributed by atoms with Gasteiger partial charge in [-0.05, 0) is 50.1 Å². The van der Waals surface area contributed by atoms with Crippen LogP contribution in [0.5, 0.6) is 0 Å². The van der Waals surface area contributed by atoms with Crippen LogP contribution in [0.2, 0.25) is 0 Å². The van der Waals surface area contributed by atoms with Gasteiger partial charge in [0.05, 0.1) is 5.69 Å². The van der Waals surface area contributed by atoms with E-state index in [1.807, 2.05) is 37.1 Å². The SMILES string of the molecule is Cc1cc(C(=O)N2CCC(c3ccc4cccnc4n3)CC2)n(C)n1. The number of nitrogens with zero attached hydrogens (tertiary/aromatic N) is 5. The lowest BCUT2D eigenvalue weighted by atomic mass is 9.92. The molecule has 6 nitrogen and oxygen atoms in total. The van der Waals surface area contributed by atoms with E-state index in [2.05, 4.69) is 22.2 Å². The normalized spacial score (nSPS) is 15.7. The van der Waals surface area contributed by atoms with Gasteiger partial charge in [0.25, 0.3) is 5.91 Å². The van der Waals surface area contributed by atoms with Gasteiger partial charge in [-0.1, -0.05) is 0 Å². The Morgan fingerprint density at radius 2 is 2.00 bits per heavy atom. The zero-order valence-electron chi connectivity index (χ0n) is 14.5. The number of likely N-dealkylation sites (tertiary alicyclic amines) is 1. The van der Waals surface area contributed by atoms with Crippen LogP contribution in [0.1, 0.15) is 40.6 Å². The molecule has 6 heteroatoms. The number of amides is 1. The third-order valence-electron chi connectivity index (χ3n) is 4.91. The highest BCUT2D eigenvalue weighted by molar-refractivity contribution is 5.92. The van der Waals surface area contributed by atoms with E-state index in [0.29, 0.717) is 11.6 Å². The number of hydrogen-bond donors (Lipinski definition) is 0. The molecule has 25 heavy (non-hydrogen) atoms. The number of hydrogen-bond acceptors (Lipinski definition) is 4. The Balaban J connectivity index is 1.47. The van der Waals surface area contributed by atoms with E-state index < -0.39 is 0 Å². The van der Waals surface area contributed by atoms with Crippen molar-refractivity contribution in [1.82, 2.24) is 24.6 Å². The zero-order chi connectivity index (χ0) is 17.4. The fraction of sp³-hybridized carbons (Fsp3) is 0.368. The summed E-state index contributed by atoms with van der Waals surface area (Å²) < 4.78 is 1.67.